The van der Waals surface area contributed by atoms with Crippen molar-refractivity contribution in [1.29, 1.82) is 0 Å². The van der Waals surface area contributed by atoms with Crippen LogP contribution < -0.4 is 4.74 Å². The molecule has 0 spiro atoms. The van der Waals surface area contributed by atoms with E-state index in [1.807, 2.05) is 13.8 Å². The number of halogens is 1. The van der Waals surface area contributed by atoms with Gasteiger partial charge in [-0.3, -0.25) is 0 Å². The van der Waals surface area contributed by atoms with E-state index in [9.17, 15) is 0 Å². The van der Waals surface area contributed by atoms with Crippen molar-refractivity contribution in [2.75, 3.05) is 0 Å². The van der Waals surface area contributed by atoms with Gasteiger partial charge in [-0.1, -0.05) is 46.3 Å². The minimum absolute atomic E-state index is 0.215. The van der Waals surface area contributed by atoms with Gasteiger partial charge < -0.3 is 4.74 Å². The number of alkyl halides is 1. The van der Waals surface area contributed by atoms with Gasteiger partial charge in [-0.15, -0.1) is 0 Å². The molecule has 2 aromatic rings. The number of ether oxygens (including phenoxy) is 1. The first-order valence-electron chi connectivity index (χ1n) is 7.66. The van der Waals surface area contributed by atoms with Gasteiger partial charge in [-0.05, 0) is 67.5 Å². The molecule has 1 unspecified atom stereocenters. The fraction of sp³-hybridized carbons (Fsp3) is 0.368. The molecular formula is C19H21BrO. The molecule has 1 atom stereocenters. The summed E-state index contributed by atoms with van der Waals surface area (Å²) in [7, 11) is 0. The van der Waals surface area contributed by atoms with Crippen LogP contribution in [-0.4, -0.2) is 6.10 Å². The van der Waals surface area contributed by atoms with Crippen LogP contribution >= 0.6 is 15.9 Å². The van der Waals surface area contributed by atoms with E-state index >= 15 is 0 Å². The van der Waals surface area contributed by atoms with Crippen molar-refractivity contribution in [2.24, 2.45) is 0 Å². The molecule has 21 heavy (non-hydrogen) atoms. The van der Waals surface area contributed by atoms with Gasteiger partial charge in [0, 0.05) is 0 Å². The largest absolute Gasteiger partial charge is 0.491 e. The van der Waals surface area contributed by atoms with Crippen molar-refractivity contribution in [3.63, 3.8) is 0 Å². The smallest absolute Gasteiger partial charge is 0.119 e. The fourth-order valence-corrected chi connectivity index (χ4v) is 3.52. The quantitative estimate of drug-likeness (QED) is 0.670. The Kier molecular flexibility index (Phi) is 4.34. The summed E-state index contributed by atoms with van der Waals surface area (Å²) in [4.78, 5) is 0.247. The molecule has 0 aromatic heterocycles. The Morgan fingerprint density at radius 1 is 0.905 bits per heavy atom. The van der Waals surface area contributed by atoms with Crippen LogP contribution in [0.15, 0.2) is 42.5 Å². The average Bonchev–Trinajstić information content (AvgIpc) is 2.94. The van der Waals surface area contributed by atoms with Crippen molar-refractivity contribution >= 4 is 15.9 Å². The van der Waals surface area contributed by atoms with Crippen LogP contribution in [0.25, 0.3) is 0 Å². The molecule has 3 rings (SSSR count). The first kappa shape index (κ1) is 14.6. The van der Waals surface area contributed by atoms with E-state index in [0.717, 1.165) is 5.75 Å². The highest BCUT2D eigenvalue weighted by atomic mass is 79.9. The van der Waals surface area contributed by atoms with E-state index in [2.05, 4.69) is 58.4 Å². The lowest BCUT2D eigenvalue weighted by Gasteiger charge is -2.14. The normalized spacial score (nSPS) is 15.0. The Morgan fingerprint density at radius 3 is 2.29 bits per heavy atom. The number of benzene rings is 2. The third-order valence-corrected chi connectivity index (χ3v) is 5.02. The van der Waals surface area contributed by atoms with Gasteiger partial charge in [0.2, 0.25) is 0 Å². The SMILES string of the molecule is CC(C)Oc1ccc(C(Br)c2ccc3c(c2)CCC3)cc1. The first-order valence-corrected chi connectivity index (χ1v) is 8.57. The van der Waals surface area contributed by atoms with Crippen molar-refractivity contribution in [3.05, 3.63) is 64.7 Å². The highest BCUT2D eigenvalue weighted by Crippen LogP contribution is 2.34. The molecule has 0 N–H and O–H groups in total. The van der Waals surface area contributed by atoms with Crippen molar-refractivity contribution < 1.29 is 4.74 Å². The van der Waals surface area contributed by atoms with Gasteiger partial charge >= 0.3 is 0 Å². The zero-order valence-corrected chi connectivity index (χ0v) is 14.2. The summed E-state index contributed by atoms with van der Waals surface area (Å²) in [6, 6.07) is 15.3. The third kappa shape index (κ3) is 3.32. The van der Waals surface area contributed by atoms with Crippen LogP contribution in [0.2, 0.25) is 0 Å². The summed E-state index contributed by atoms with van der Waals surface area (Å²) in [6.07, 6.45) is 3.98. The topological polar surface area (TPSA) is 9.23 Å². The minimum atomic E-state index is 0.215. The number of hydrogen-bond acceptors (Lipinski definition) is 1. The van der Waals surface area contributed by atoms with Gasteiger partial charge in [0.05, 0.1) is 10.9 Å². The second-order valence-corrected chi connectivity index (χ2v) is 6.90. The molecule has 0 saturated heterocycles. The monoisotopic (exact) mass is 344 g/mol. The lowest BCUT2D eigenvalue weighted by atomic mass is 10.0. The summed E-state index contributed by atoms with van der Waals surface area (Å²) in [5, 5.41) is 0. The Hall–Kier alpha value is -1.28. The van der Waals surface area contributed by atoms with Crippen LogP contribution in [0.4, 0.5) is 0 Å². The zero-order chi connectivity index (χ0) is 14.8. The molecule has 1 aliphatic carbocycles. The maximum absolute atomic E-state index is 5.70. The van der Waals surface area contributed by atoms with Crippen molar-refractivity contribution in [1.82, 2.24) is 0 Å². The Balaban J connectivity index is 1.79. The number of hydrogen-bond donors (Lipinski definition) is 0. The van der Waals surface area contributed by atoms with E-state index in [-0.39, 0.29) is 10.9 Å². The lowest BCUT2D eigenvalue weighted by Crippen LogP contribution is -2.05. The summed E-state index contributed by atoms with van der Waals surface area (Å²) >= 11 is 3.84. The van der Waals surface area contributed by atoms with Gasteiger partial charge in [0.15, 0.2) is 0 Å². The molecule has 0 aliphatic heterocycles. The highest BCUT2D eigenvalue weighted by molar-refractivity contribution is 9.09. The molecule has 0 radical (unpaired) electrons. The highest BCUT2D eigenvalue weighted by Gasteiger charge is 2.15. The van der Waals surface area contributed by atoms with Gasteiger partial charge in [0.1, 0.15) is 5.75 Å². The number of rotatable bonds is 4. The third-order valence-electron chi connectivity index (χ3n) is 3.96. The lowest BCUT2D eigenvalue weighted by molar-refractivity contribution is 0.242. The average molecular weight is 345 g/mol. The van der Waals surface area contributed by atoms with E-state index in [4.69, 9.17) is 4.74 Å². The molecule has 0 amide bonds. The molecule has 2 aromatic carbocycles. The predicted molar refractivity (Wildman–Crippen MR) is 91.4 cm³/mol. The molecule has 1 aliphatic rings. The molecule has 110 valence electrons. The maximum atomic E-state index is 5.70. The van der Waals surface area contributed by atoms with Crippen molar-refractivity contribution in [3.8, 4) is 5.75 Å². The van der Waals surface area contributed by atoms with E-state index in [0.29, 0.717) is 0 Å². The fourth-order valence-electron chi connectivity index (χ4n) is 2.93. The van der Waals surface area contributed by atoms with Crippen LogP contribution in [0, 0.1) is 0 Å². The Bertz CT molecular complexity index is 616. The van der Waals surface area contributed by atoms with Crippen LogP contribution in [0.1, 0.15) is 47.3 Å². The predicted octanol–water partition coefficient (Wildman–Crippen LogP) is 5.45. The van der Waals surface area contributed by atoms with E-state index in [1.165, 1.54) is 41.5 Å². The van der Waals surface area contributed by atoms with E-state index in [1.54, 1.807) is 0 Å². The Labute approximate surface area is 135 Å². The molecular weight excluding hydrogens is 324 g/mol. The minimum Gasteiger partial charge on any atom is -0.491 e. The number of aryl methyl sites for hydroxylation is 2. The molecule has 0 saturated carbocycles. The molecule has 2 heteroatoms. The zero-order valence-electron chi connectivity index (χ0n) is 12.6. The van der Waals surface area contributed by atoms with E-state index < -0.39 is 0 Å². The first-order chi connectivity index (χ1) is 10.1. The van der Waals surface area contributed by atoms with Crippen LogP contribution in [0.5, 0.6) is 5.75 Å². The summed E-state index contributed by atoms with van der Waals surface area (Å²) in [5.41, 5.74) is 5.66. The van der Waals surface area contributed by atoms with Gasteiger partial charge in [-0.25, -0.2) is 0 Å². The van der Waals surface area contributed by atoms with Gasteiger partial charge in [0.25, 0.3) is 0 Å². The molecule has 1 nitrogen and oxygen atoms in total. The van der Waals surface area contributed by atoms with Crippen LogP contribution in [-0.2, 0) is 12.8 Å². The summed E-state index contributed by atoms with van der Waals surface area (Å²) in [6.45, 7) is 4.09. The maximum Gasteiger partial charge on any atom is 0.119 e. The molecule has 0 heterocycles. The summed E-state index contributed by atoms with van der Waals surface area (Å²) in [5.74, 6) is 0.933. The molecule has 0 bridgehead atoms. The second-order valence-electron chi connectivity index (χ2n) is 5.98. The standard InChI is InChI=1S/C19H21BrO/c1-13(2)21-18-10-8-15(9-11-18)19(20)17-7-6-14-4-3-5-16(14)12-17/h6-13,19H,3-5H2,1-2H3. The molecule has 0 fully saturated rings. The summed E-state index contributed by atoms with van der Waals surface area (Å²) < 4.78 is 5.70. The van der Waals surface area contributed by atoms with Crippen LogP contribution in [0.3, 0.4) is 0 Å². The second kappa shape index (κ2) is 6.23. The Morgan fingerprint density at radius 2 is 1.57 bits per heavy atom. The van der Waals surface area contributed by atoms with Gasteiger partial charge in [-0.2, -0.15) is 0 Å². The van der Waals surface area contributed by atoms with Crippen molar-refractivity contribution in [2.45, 2.75) is 44.0 Å². The number of fused-ring (bicyclic) bond motifs is 1.